The van der Waals surface area contributed by atoms with E-state index >= 15 is 0 Å². The van der Waals surface area contributed by atoms with E-state index in [0.29, 0.717) is 16.3 Å². The molecule has 1 N–H and O–H groups in total. The summed E-state index contributed by atoms with van der Waals surface area (Å²) in [7, 11) is 0. The molecule has 0 saturated heterocycles. The Morgan fingerprint density at radius 2 is 1.74 bits per heavy atom. The smallest absolute Gasteiger partial charge is 0.258 e. The predicted octanol–water partition coefficient (Wildman–Crippen LogP) is 4.03. The van der Waals surface area contributed by atoms with Crippen LogP contribution in [0.25, 0.3) is 5.70 Å². The van der Waals surface area contributed by atoms with Gasteiger partial charge in [-0.15, -0.1) is 0 Å². The number of hydrogen-bond acceptors (Lipinski definition) is 3. The zero-order chi connectivity index (χ0) is 13.7. The maximum Gasteiger partial charge on any atom is 0.258 e. The number of nitrogens with zero attached hydrogens (tertiary/aromatic N) is 1. The SMILES string of the molecule is O=[N+]([O-])/C=C(/Nc1ccccc1)c1ccc(Cl)cc1. The lowest BCUT2D eigenvalue weighted by Gasteiger charge is -2.09. The summed E-state index contributed by atoms with van der Waals surface area (Å²) >= 11 is 5.81. The first-order chi connectivity index (χ1) is 9.15. The number of nitro groups is 1. The molecule has 0 saturated carbocycles. The summed E-state index contributed by atoms with van der Waals surface area (Å²) in [6.45, 7) is 0. The van der Waals surface area contributed by atoms with Gasteiger partial charge in [-0.2, -0.15) is 0 Å². The van der Waals surface area contributed by atoms with Crippen LogP contribution in [0.15, 0.2) is 60.8 Å². The quantitative estimate of drug-likeness (QED) is 0.676. The molecule has 4 nitrogen and oxygen atoms in total. The van der Waals surface area contributed by atoms with Gasteiger partial charge in [-0.25, -0.2) is 0 Å². The molecule has 0 aliphatic carbocycles. The molecule has 0 radical (unpaired) electrons. The second-order valence-electron chi connectivity index (χ2n) is 3.83. The van der Waals surface area contributed by atoms with Crippen molar-refractivity contribution >= 4 is 23.0 Å². The van der Waals surface area contributed by atoms with Gasteiger partial charge in [0.25, 0.3) is 6.20 Å². The van der Waals surface area contributed by atoms with Crippen LogP contribution >= 0.6 is 11.6 Å². The van der Waals surface area contributed by atoms with Gasteiger partial charge < -0.3 is 5.32 Å². The van der Waals surface area contributed by atoms with Crippen LogP contribution in [0.2, 0.25) is 5.02 Å². The number of halogens is 1. The van der Waals surface area contributed by atoms with Gasteiger partial charge in [-0.3, -0.25) is 10.1 Å². The van der Waals surface area contributed by atoms with Gasteiger partial charge in [0.05, 0.1) is 4.92 Å². The Hall–Kier alpha value is -2.33. The van der Waals surface area contributed by atoms with Crippen molar-refractivity contribution < 1.29 is 4.92 Å². The zero-order valence-corrected chi connectivity index (χ0v) is 10.7. The number of hydrogen-bond donors (Lipinski definition) is 1. The highest BCUT2D eigenvalue weighted by atomic mass is 35.5. The molecule has 2 aromatic carbocycles. The van der Waals surface area contributed by atoms with Gasteiger partial charge in [0.2, 0.25) is 0 Å². The van der Waals surface area contributed by atoms with Crippen molar-refractivity contribution in [2.75, 3.05) is 5.32 Å². The summed E-state index contributed by atoms with van der Waals surface area (Å²) in [5, 5.41) is 14.3. The molecule has 0 bridgehead atoms. The third kappa shape index (κ3) is 3.82. The molecule has 0 aromatic heterocycles. The van der Waals surface area contributed by atoms with E-state index in [4.69, 9.17) is 11.6 Å². The minimum Gasteiger partial charge on any atom is -0.350 e. The van der Waals surface area contributed by atoms with Crippen LogP contribution in [0.5, 0.6) is 0 Å². The molecule has 0 atom stereocenters. The molecular weight excluding hydrogens is 264 g/mol. The van der Waals surface area contributed by atoms with E-state index in [9.17, 15) is 10.1 Å². The molecule has 2 aromatic rings. The first-order valence-corrected chi connectivity index (χ1v) is 5.96. The minimum absolute atomic E-state index is 0.410. The third-order valence-electron chi connectivity index (χ3n) is 2.44. The monoisotopic (exact) mass is 274 g/mol. The molecule has 5 heteroatoms. The maximum absolute atomic E-state index is 10.7. The largest absolute Gasteiger partial charge is 0.350 e. The Bertz CT molecular complexity index is 595. The van der Waals surface area contributed by atoms with Gasteiger partial charge in [0.15, 0.2) is 0 Å². The van der Waals surface area contributed by atoms with Crippen LogP contribution in [0.1, 0.15) is 5.56 Å². The van der Waals surface area contributed by atoms with Crippen molar-refractivity contribution in [3.8, 4) is 0 Å². The summed E-state index contributed by atoms with van der Waals surface area (Å²) < 4.78 is 0. The van der Waals surface area contributed by atoms with Gasteiger partial charge in [-0.05, 0) is 24.3 Å². The Morgan fingerprint density at radius 3 is 2.32 bits per heavy atom. The second kappa shape index (κ2) is 6.02. The highest BCUT2D eigenvalue weighted by Crippen LogP contribution is 2.20. The van der Waals surface area contributed by atoms with Crippen molar-refractivity contribution in [3.05, 3.63) is 81.5 Å². The van der Waals surface area contributed by atoms with Crippen LogP contribution in [-0.4, -0.2) is 4.92 Å². The number of rotatable bonds is 4. The fourth-order valence-electron chi connectivity index (χ4n) is 1.59. The Morgan fingerprint density at radius 1 is 1.11 bits per heavy atom. The predicted molar refractivity (Wildman–Crippen MR) is 76.5 cm³/mol. The molecule has 2 rings (SSSR count). The third-order valence-corrected chi connectivity index (χ3v) is 2.69. The van der Waals surface area contributed by atoms with E-state index in [1.165, 1.54) is 0 Å². The van der Waals surface area contributed by atoms with Crippen molar-refractivity contribution in [2.24, 2.45) is 0 Å². The van der Waals surface area contributed by atoms with E-state index in [1.54, 1.807) is 24.3 Å². The maximum atomic E-state index is 10.7. The summed E-state index contributed by atoms with van der Waals surface area (Å²) in [6, 6.07) is 16.1. The highest BCUT2D eigenvalue weighted by molar-refractivity contribution is 6.30. The summed E-state index contributed by atoms with van der Waals surface area (Å²) in [6.07, 6.45) is 0.941. The van der Waals surface area contributed by atoms with E-state index in [-0.39, 0.29) is 0 Å². The standard InChI is InChI=1S/C14H11ClN2O2/c15-12-8-6-11(7-9-12)14(10-17(18)19)16-13-4-2-1-3-5-13/h1-10,16H/b14-10+. The Kier molecular flexibility index (Phi) is 4.15. The molecule has 0 heterocycles. The lowest BCUT2D eigenvalue weighted by atomic mass is 10.1. The summed E-state index contributed by atoms with van der Waals surface area (Å²) in [5.41, 5.74) is 1.89. The van der Waals surface area contributed by atoms with Gasteiger partial charge >= 0.3 is 0 Å². The van der Waals surface area contributed by atoms with Gasteiger partial charge in [0, 0.05) is 16.3 Å². The minimum atomic E-state index is -0.486. The Balaban J connectivity index is 2.32. The molecule has 96 valence electrons. The van der Waals surface area contributed by atoms with Crippen molar-refractivity contribution in [1.82, 2.24) is 0 Å². The zero-order valence-electron chi connectivity index (χ0n) is 9.92. The van der Waals surface area contributed by atoms with Crippen molar-refractivity contribution in [3.63, 3.8) is 0 Å². The molecule has 0 unspecified atom stereocenters. The van der Waals surface area contributed by atoms with Gasteiger partial charge in [0.1, 0.15) is 5.70 Å². The first-order valence-electron chi connectivity index (χ1n) is 5.58. The molecule has 0 aliphatic rings. The van der Waals surface area contributed by atoms with E-state index in [1.807, 2.05) is 30.3 Å². The van der Waals surface area contributed by atoms with Crippen LogP contribution in [0.3, 0.4) is 0 Å². The number of para-hydroxylation sites is 1. The summed E-state index contributed by atoms with van der Waals surface area (Å²) in [4.78, 5) is 10.2. The number of nitrogens with one attached hydrogen (secondary N) is 1. The van der Waals surface area contributed by atoms with Crippen LogP contribution in [0.4, 0.5) is 5.69 Å². The van der Waals surface area contributed by atoms with Crippen LogP contribution in [0, 0.1) is 10.1 Å². The lowest BCUT2D eigenvalue weighted by molar-refractivity contribution is -0.401. The molecule has 0 spiro atoms. The normalized spacial score (nSPS) is 11.1. The average Bonchev–Trinajstić information content (AvgIpc) is 2.39. The molecule has 0 amide bonds. The first kappa shape index (κ1) is 13.1. The fraction of sp³-hybridized carbons (Fsp3) is 0. The highest BCUT2D eigenvalue weighted by Gasteiger charge is 2.07. The average molecular weight is 275 g/mol. The summed E-state index contributed by atoms with van der Waals surface area (Å²) in [5.74, 6) is 0. The van der Waals surface area contributed by atoms with Gasteiger partial charge in [-0.1, -0.05) is 41.9 Å². The number of benzene rings is 2. The fourth-order valence-corrected chi connectivity index (χ4v) is 1.72. The van der Waals surface area contributed by atoms with E-state index in [0.717, 1.165) is 11.9 Å². The van der Waals surface area contributed by atoms with Crippen LogP contribution in [-0.2, 0) is 0 Å². The van der Waals surface area contributed by atoms with Crippen molar-refractivity contribution in [2.45, 2.75) is 0 Å². The van der Waals surface area contributed by atoms with E-state index < -0.39 is 4.92 Å². The molecule has 19 heavy (non-hydrogen) atoms. The van der Waals surface area contributed by atoms with E-state index in [2.05, 4.69) is 5.32 Å². The molecular formula is C14H11ClN2O2. The second-order valence-corrected chi connectivity index (χ2v) is 4.26. The van der Waals surface area contributed by atoms with Crippen molar-refractivity contribution in [1.29, 1.82) is 0 Å². The topological polar surface area (TPSA) is 55.2 Å². The Labute approximate surface area is 115 Å². The number of anilines is 1. The lowest BCUT2D eigenvalue weighted by Crippen LogP contribution is -2.01. The molecule has 0 fully saturated rings. The molecule has 0 aliphatic heterocycles. The van der Waals surface area contributed by atoms with Crippen LogP contribution < -0.4 is 5.32 Å².